The maximum absolute atomic E-state index is 12.2. The summed E-state index contributed by atoms with van der Waals surface area (Å²) in [6.07, 6.45) is 3.57. The molecular formula is C14H23N5O2S. The Morgan fingerprint density at radius 2 is 2.18 bits per heavy atom. The molecule has 7 nitrogen and oxygen atoms in total. The molecule has 2 fully saturated rings. The van der Waals surface area contributed by atoms with E-state index in [2.05, 4.69) is 20.4 Å². The van der Waals surface area contributed by atoms with Gasteiger partial charge in [-0.15, -0.1) is 10.2 Å². The van der Waals surface area contributed by atoms with Crippen LogP contribution >= 0.6 is 11.3 Å². The Morgan fingerprint density at radius 3 is 2.82 bits per heavy atom. The molecule has 3 rings (SSSR count). The van der Waals surface area contributed by atoms with Gasteiger partial charge in [0.2, 0.25) is 5.13 Å². The van der Waals surface area contributed by atoms with Crippen molar-refractivity contribution in [3.8, 4) is 0 Å². The van der Waals surface area contributed by atoms with Crippen LogP contribution in [-0.4, -0.2) is 71.5 Å². The van der Waals surface area contributed by atoms with Crippen LogP contribution in [0.5, 0.6) is 0 Å². The second-order valence-electron chi connectivity index (χ2n) is 5.71. The van der Waals surface area contributed by atoms with Crippen molar-refractivity contribution in [1.82, 2.24) is 20.0 Å². The number of rotatable bonds is 4. The average Bonchev–Trinajstić information content (AvgIpc) is 3.19. The molecule has 1 aromatic heterocycles. The second-order valence-corrected chi connectivity index (χ2v) is 6.77. The van der Waals surface area contributed by atoms with Gasteiger partial charge in [0.25, 0.3) is 0 Å². The van der Waals surface area contributed by atoms with Crippen LogP contribution in [0.3, 0.4) is 0 Å². The van der Waals surface area contributed by atoms with Crippen molar-refractivity contribution < 1.29 is 9.53 Å². The predicted molar refractivity (Wildman–Crippen MR) is 85.3 cm³/mol. The highest BCUT2D eigenvalue weighted by Crippen LogP contribution is 2.17. The number of urea groups is 1. The van der Waals surface area contributed by atoms with Crippen LogP contribution in [0, 0.1) is 0 Å². The molecule has 1 atom stereocenters. The number of ether oxygens (including phenoxy) is 1. The van der Waals surface area contributed by atoms with Crippen molar-refractivity contribution in [2.75, 3.05) is 44.6 Å². The lowest BCUT2D eigenvalue weighted by atomic mass is 10.2. The predicted octanol–water partition coefficient (Wildman–Crippen LogP) is 1.43. The first kappa shape index (κ1) is 15.6. The molecule has 2 saturated heterocycles. The number of aryl methyl sites for hydroxylation is 1. The van der Waals surface area contributed by atoms with E-state index in [0.717, 1.165) is 57.2 Å². The Bertz CT molecular complexity index is 495. The van der Waals surface area contributed by atoms with Crippen LogP contribution in [0.1, 0.15) is 24.8 Å². The monoisotopic (exact) mass is 325 g/mol. The molecule has 0 bridgehead atoms. The summed E-state index contributed by atoms with van der Waals surface area (Å²) in [6.45, 7) is 7.23. The van der Waals surface area contributed by atoms with E-state index in [1.54, 1.807) is 0 Å². The van der Waals surface area contributed by atoms with Gasteiger partial charge in [0, 0.05) is 39.3 Å². The van der Waals surface area contributed by atoms with Crippen molar-refractivity contribution in [1.29, 1.82) is 0 Å². The molecule has 0 radical (unpaired) electrons. The van der Waals surface area contributed by atoms with Crippen molar-refractivity contribution in [3.05, 3.63) is 5.01 Å². The van der Waals surface area contributed by atoms with Crippen molar-refractivity contribution in [2.45, 2.75) is 32.3 Å². The Kier molecular flexibility index (Phi) is 5.22. The molecule has 2 aliphatic rings. The number of carbonyl (C=O) groups excluding carboxylic acids is 1. The minimum atomic E-state index is -0.0735. The molecule has 0 aromatic carbocycles. The minimum Gasteiger partial charge on any atom is -0.377 e. The third-order valence-corrected chi connectivity index (χ3v) is 5.11. The summed E-state index contributed by atoms with van der Waals surface area (Å²) in [5, 5.41) is 12.4. The zero-order chi connectivity index (χ0) is 15.4. The number of piperazine rings is 1. The highest BCUT2D eigenvalue weighted by atomic mass is 32.1. The number of nitrogens with zero attached hydrogens (tertiary/aromatic N) is 4. The van der Waals surface area contributed by atoms with E-state index < -0.39 is 0 Å². The van der Waals surface area contributed by atoms with E-state index in [4.69, 9.17) is 4.74 Å². The fourth-order valence-electron chi connectivity index (χ4n) is 2.83. The first-order valence-corrected chi connectivity index (χ1v) is 8.78. The molecule has 2 aliphatic heterocycles. The molecule has 22 heavy (non-hydrogen) atoms. The van der Waals surface area contributed by atoms with Gasteiger partial charge in [0.15, 0.2) is 0 Å². The maximum atomic E-state index is 12.2. The highest BCUT2D eigenvalue weighted by molar-refractivity contribution is 7.15. The number of hydrogen-bond acceptors (Lipinski definition) is 6. The Hall–Kier alpha value is -1.25. The molecule has 0 saturated carbocycles. The fraction of sp³-hybridized carbons (Fsp3) is 0.786. The normalized spacial score (nSPS) is 23.0. The SMILES string of the molecule is CCc1nnc(NC(=O)N2CCN(C[C@@H]3CCCO3)CC2)s1. The molecule has 0 spiro atoms. The van der Waals surface area contributed by atoms with Crippen LogP contribution < -0.4 is 5.32 Å². The van der Waals surface area contributed by atoms with E-state index in [0.29, 0.717) is 11.2 Å². The Labute approximate surface area is 134 Å². The number of amides is 2. The number of hydrogen-bond donors (Lipinski definition) is 1. The van der Waals surface area contributed by atoms with Gasteiger partial charge in [-0.1, -0.05) is 18.3 Å². The van der Waals surface area contributed by atoms with E-state index in [-0.39, 0.29) is 6.03 Å². The van der Waals surface area contributed by atoms with E-state index >= 15 is 0 Å². The molecular weight excluding hydrogens is 302 g/mol. The lowest BCUT2D eigenvalue weighted by molar-refractivity contribution is 0.0572. The molecule has 0 aliphatic carbocycles. The van der Waals surface area contributed by atoms with E-state index in [9.17, 15) is 4.79 Å². The quantitative estimate of drug-likeness (QED) is 0.907. The maximum Gasteiger partial charge on any atom is 0.323 e. The van der Waals surface area contributed by atoms with Gasteiger partial charge < -0.3 is 9.64 Å². The second kappa shape index (κ2) is 7.34. The standard InChI is InChI=1S/C14H23N5O2S/c1-2-12-16-17-13(22-12)15-14(20)19-7-5-18(6-8-19)10-11-4-3-9-21-11/h11H,2-10H2,1H3,(H,15,17,20)/t11-/m0/s1. The highest BCUT2D eigenvalue weighted by Gasteiger charge is 2.25. The fourth-order valence-corrected chi connectivity index (χ4v) is 3.50. The molecule has 2 amide bonds. The minimum absolute atomic E-state index is 0.0735. The van der Waals surface area contributed by atoms with Gasteiger partial charge in [0.1, 0.15) is 5.01 Å². The third kappa shape index (κ3) is 3.93. The van der Waals surface area contributed by atoms with Crippen molar-refractivity contribution in [3.63, 3.8) is 0 Å². The molecule has 8 heteroatoms. The summed E-state index contributed by atoms with van der Waals surface area (Å²) in [4.78, 5) is 16.5. The number of aromatic nitrogens is 2. The van der Waals surface area contributed by atoms with Crippen LogP contribution in [0.4, 0.5) is 9.93 Å². The zero-order valence-corrected chi connectivity index (χ0v) is 13.8. The van der Waals surface area contributed by atoms with E-state index in [1.807, 2.05) is 11.8 Å². The van der Waals surface area contributed by atoms with Gasteiger partial charge in [-0.25, -0.2) is 4.79 Å². The lowest BCUT2D eigenvalue weighted by Crippen LogP contribution is -2.51. The van der Waals surface area contributed by atoms with Crippen LogP contribution in [0.25, 0.3) is 0 Å². The van der Waals surface area contributed by atoms with Crippen molar-refractivity contribution >= 4 is 22.5 Å². The Morgan fingerprint density at radius 1 is 1.36 bits per heavy atom. The topological polar surface area (TPSA) is 70.6 Å². The summed E-state index contributed by atoms with van der Waals surface area (Å²) >= 11 is 1.44. The summed E-state index contributed by atoms with van der Waals surface area (Å²) in [7, 11) is 0. The number of carbonyl (C=O) groups is 1. The van der Waals surface area contributed by atoms with Crippen LogP contribution in [-0.2, 0) is 11.2 Å². The summed E-state index contributed by atoms with van der Waals surface area (Å²) in [6, 6.07) is -0.0735. The number of anilines is 1. The zero-order valence-electron chi connectivity index (χ0n) is 13.0. The van der Waals surface area contributed by atoms with Gasteiger partial charge >= 0.3 is 6.03 Å². The van der Waals surface area contributed by atoms with E-state index in [1.165, 1.54) is 17.8 Å². The smallest absolute Gasteiger partial charge is 0.323 e. The van der Waals surface area contributed by atoms with Gasteiger partial charge in [0.05, 0.1) is 6.10 Å². The summed E-state index contributed by atoms with van der Waals surface area (Å²) in [5.41, 5.74) is 0. The average molecular weight is 325 g/mol. The molecule has 122 valence electrons. The van der Waals surface area contributed by atoms with Gasteiger partial charge in [-0.05, 0) is 19.3 Å². The van der Waals surface area contributed by atoms with Gasteiger partial charge in [-0.2, -0.15) is 0 Å². The van der Waals surface area contributed by atoms with Crippen LogP contribution in [0.2, 0.25) is 0 Å². The lowest BCUT2D eigenvalue weighted by Gasteiger charge is -2.35. The molecule has 0 unspecified atom stereocenters. The van der Waals surface area contributed by atoms with Crippen LogP contribution in [0.15, 0.2) is 0 Å². The van der Waals surface area contributed by atoms with Crippen molar-refractivity contribution in [2.24, 2.45) is 0 Å². The summed E-state index contributed by atoms with van der Waals surface area (Å²) < 4.78 is 5.67. The molecule has 1 aromatic rings. The molecule has 3 heterocycles. The first-order chi connectivity index (χ1) is 10.7. The molecule has 1 N–H and O–H groups in total. The Balaban J connectivity index is 1.43. The largest absolute Gasteiger partial charge is 0.377 e. The third-order valence-electron chi connectivity index (χ3n) is 4.13. The number of nitrogens with one attached hydrogen (secondary N) is 1. The summed E-state index contributed by atoms with van der Waals surface area (Å²) in [5.74, 6) is 0. The first-order valence-electron chi connectivity index (χ1n) is 7.97. The van der Waals surface area contributed by atoms with Gasteiger partial charge in [-0.3, -0.25) is 10.2 Å².